The van der Waals surface area contributed by atoms with Gasteiger partial charge in [0.15, 0.2) is 5.76 Å². The van der Waals surface area contributed by atoms with Crippen molar-refractivity contribution in [3.05, 3.63) is 29.3 Å². The van der Waals surface area contributed by atoms with Crippen molar-refractivity contribution in [3.8, 4) is 10.6 Å². The molecule has 0 aliphatic carbocycles. The van der Waals surface area contributed by atoms with Crippen LogP contribution in [-0.2, 0) is 5.75 Å². The topological polar surface area (TPSA) is 52.0 Å². The molecule has 0 atom stereocenters. The Morgan fingerprint density at radius 3 is 3.19 bits per heavy atom. The highest BCUT2D eigenvalue weighted by Crippen LogP contribution is 2.26. The van der Waals surface area contributed by atoms with Crippen LogP contribution in [0.5, 0.6) is 0 Å². The zero-order valence-electron chi connectivity index (χ0n) is 8.89. The van der Waals surface area contributed by atoms with Crippen LogP contribution in [0.4, 0.5) is 0 Å². The van der Waals surface area contributed by atoms with E-state index in [1.54, 1.807) is 11.3 Å². The van der Waals surface area contributed by atoms with Crippen molar-refractivity contribution in [1.29, 1.82) is 0 Å². The molecule has 0 aliphatic heterocycles. The molecule has 0 spiro atoms. The first-order valence-electron chi connectivity index (χ1n) is 5.17. The first-order valence-corrected chi connectivity index (χ1v) is 7.21. The maximum Gasteiger partial charge on any atom is 0.177 e. The van der Waals surface area contributed by atoms with Crippen molar-refractivity contribution in [2.45, 2.75) is 12.2 Å². The number of thiophene rings is 1. The Morgan fingerprint density at radius 2 is 2.44 bits per heavy atom. The van der Waals surface area contributed by atoms with Crippen LogP contribution < -0.4 is 5.73 Å². The first-order chi connectivity index (χ1) is 7.90. The molecule has 86 valence electrons. The third-order valence-corrected chi connectivity index (χ3v) is 4.03. The second kappa shape index (κ2) is 6.08. The SMILES string of the molecule is NCCCSCc1cc(-c2cccs2)on1. The van der Waals surface area contributed by atoms with E-state index < -0.39 is 0 Å². The first kappa shape index (κ1) is 11.7. The number of aromatic nitrogens is 1. The molecular formula is C11H14N2OS2. The van der Waals surface area contributed by atoms with Gasteiger partial charge in [-0.1, -0.05) is 11.2 Å². The van der Waals surface area contributed by atoms with Gasteiger partial charge in [0.2, 0.25) is 0 Å². The number of thioether (sulfide) groups is 1. The van der Waals surface area contributed by atoms with Gasteiger partial charge in [-0.3, -0.25) is 0 Å². The van der Waals surface area contributed by atoms with Gasteiger partial charge >= 0.3 is 0 Å². The fourth-order valence-corrected chi connectivity index (χ4v) is 2.81. The number of rotatable bonds is 6. The van der Waals surface area contributed by atoms with Crippen LogP contribution in [0.2, 0.25) is 0 Å². The molecule has 0 aromatic carbocycles. The lowest BCUT2D eigenvalue weighted by Crippen LogP contribution is -1.99. The van der Waals surface area contributed by atoms with Crippen molar-refractivity contribution >= 4 is 23.1 Å². The number of nitrogens with zero attached hydrogens (tertiary/aromatic N) is 1. The highest BCUT2D eigenvalue weighted by molar-refractivity contribution is 7.98. The molecule has 0 saturated heterocycles. The van der Waals surface area contributed by atoms with Crippen molar-refractivity contribution in [3.63, 3.8) is 0 Å². The molecule has 0 unspecified atom stereocenters. The molecule has 0 fully saturated rings. The second-order valence-corrected chi connectivity index (χ2v) is 5.41. The zero-order chi connectivity index (χ0) is 11.2. The third kappa shape index (κ3) is 3.10. The summed E-state index contributed by atoms with van der Waals surface area (Å²) in [4.78, 5) is 1.13. The van der Waals surface area contributed by atoms with Gasteiger partial charge in [0.05, 0.1) is 10.6 Å². The van der Waals surface area contributed by atoms with Gasteiger partial charge in [-0.25, -0.2) is 0 Å². The summed E-state index contributed by atoms with van der Waals surface area (Å²) in [7, 11) is 0. The number of hydrogen-bond acceptors (Lipinski definition) is 5. The fraction of sp³-hybridized carbons (Fsp3) is 0.364. The van der Waals surface area contributed by atoms with E-state index in [9.17, 15) is 0 Å². The average Bonchev–Trinajstić information content (AvgIpc) is 2.94. The standard InChI is InChI=1S/C11H14N2OS2/c12-4-2-5-15-8-9-7-10(14-13-9)11-3-1-6-16-11/h1,3,6-7H,2,4-5,8,12H2. The van der Waals surface area contributed by atoms with Gasteiger partial charge in [-0.15, -0.1) is 11.3 Å². The maximum atomic E-state index is 5.43. The normalized spacial score (nSPS) is 10.8. The van der Waals surface area contributed by atoms with E-state index in [0.717, 1.165) is 40.8 Å². The molecular weight excluding hydrogens is 240 g/mol. The summed E-state index contributed by atoms with van der Waals surface area (Å²) in [5, 5.41) is 6.08. The van der Waals surface area contributed by atoms with E-state index in [1.165, 1.54) is 0 Å². The molecule has 16 heavy (non-hydrogen) atoms. The predicted octanol–water partition coefficient (Wildman–Crippen LogP) is 2.99. The van der Waals surface area contributed by atoms with E-state index in [1.807, 2.05) is 35.3 Å². The monoisotopic (exact) mass is 254 g/mol. The third-order valence-electron chi connectivity index (χ3n) is 2.07. The van der Waals surface area contributed by atoms with Crippen molar-refractivity contribution < 1.29 is 4.52 Å². The minimum absolute atomic E-state index is 0.756. The summed E-state index contributed by atoms with van der Waals surface area (Å²) in [6.07, 6.45) is 1.06. The Labute approximate surface area is 103 Å². The lowest BCUT2D eigenvalue weighted by atomic mass is 10.3. The van der Waals surface area contributed by atoms with Gasteiger partial charge in [0, 0.05) is 11.8 Å². The quantitative estimate of drug-likeness (QED) is 0.805. The largest absolute Gasteiger partial charge is 0.355 e. The highest BCUT2D eigenvalue weighted by Gasteiger charge is 2.06. The molecule has 2 aromatic rings. The van der Waals surface area contributed by atoms with Gasteiger partial charge < -0.3 is 10.3 Å². The summed E-state index contributed by atoms with van der Waals surface area (Å²) < 4.78 is 5.29. The summed E-state index contributed by atoms with van der Waals surface area (Å²) in [5.41, 5.74) is 6.44. The highest BCUT2D eigenvalue weighted by atomic mass is 32.2. The molecule has 0 amide bonds. The van der Waals surface area contributed by atoms with Crippen LogP contribution in [0.3, 0.4) is 0 Å². The summed E-state index contributed by atoms with van der Waals surface area (Å²) in [6.45, 7) is 0.756. The summed E-state index contributed by atoms with van der Waals surface area (Å²) in [5.74, 6) is 2.84. The van der Waals surface area contributed by atoms with Crippen LogP contribution >= 0.6 is 23.1 Å². The lowest BCUT2D eigenvalue weighted by Gasteiger charge is -1.95. The Bertz CT molecular complexity index is 411. The minimum Gasteiger partial charge on any atom is -0.355 e. The summed E-state index contributed by atoms with van der Waals surface area (Å²) in [6, 6.07) is 6.07. The smallest absolute Gasteiger partial charge is 0.177 e. The molecule has 3 nitrogen and oxygen atoms in total. The number of nitrogens with two attached hydrogens (primary N) is 1. The Morgan fingerprint density at radius 1 is 1.50 bits per heavy atom. The fourth-order valence-electron chi connectivity index (χ4n) is 1.28. The van der Waals surface area contributed by atoms with Crippen LogP contribution in [0.1, 0.15) is 12.1 Å². The van der Waals surface area contributed by atoms with Gasteiger partial charge in [0.1, 0.15) is 0 Å². The summed E-state index contributed by atoms with van der Waals surface area (Å²) >= 11 is 3.51. The van der Waals surface area contributed by atoms with Crippen molar-refractivity contribution in [1.82, 2.24) is 5.16 Å². The molecule has 5 heteroatoms. The molecule has 2 rings (SSSR count). The van der Waals surface area contributed by atoms with Crippen molar-refractivity contribution in [2.75, 3.05) is 12.3 Å². The van der Waals surface area contributed by atoms with Crippen LogP contribution in [0.15, 0.2) is 28.1 Å². The predicted molar refractivity (Wildman–Crippen MR) is 69.6 cm³/mol. The van der Waals surface area contributed by atoms with Gasteiger partial charge in [-0.05, 0) is 30.2 Å². The molecule has 0 aliphatic rings. The Kier molecular flexibility index (Phi) is 4.44. The van der Waals surface area contributed by atoms with Crippen LogP contribution in [0, 0.1) is 0 Å². The molecule has 2 heterocycles. The van der Waals surface area contributed by atoms with E-state index in [2.05, 4.69) is 5.16 Å². The van der Waals surface area contributed by atoms with E-state index in [-0.39, 0.29) is 0 Å². The number of hydrogen-bond donors (Lipinski definition) is 1. The molecule has 0 radical (unpaired) electrons. The lowest BCUT2D eigenvalue weighted by molar-refractivity contribution is 0.427. The molecule has 2 N–H and O–H groups in total. The average molecular weight is 254 g/mol. The Balaban J connectivity index is 1.88. The molecule has 0 bridgehead atoms. The van der Waals surface area contributed by atoms with Gasteiger partial charge in [-0.2, -0.15) is 11.8 Å². The maximum absolute atomic E-state index is 5.43. The van der Waals surface area contributed by atoms with E-state index in [4.69, 9.17) is 10.3 Å². The minimum atomic E-state index is 0.756. The zero-order valence-corrected chi connectivity index (χ0v) is 10.5. The van der Waals surface area contributed by atoms with E-state index >= 15 is 0 Å². The Hall–Kier alpha value is -0.780. The van der Waals surface area contributed by atoms with Crippen LogP contribution in [0.25, 0.3) is 10.6 Å². The molecule has 0 saturated carbocycles. The second-order valence-electron chi connectivity index (χ2n) is 3.35. The van der Waals surface area contributed by atoms with Crippen LogP contribution in [-0.4, -0.2) is 17.5 Å². The van der Waals surface area contributed by atoms with Gasteiger partial charge in [0.25, 0.3) is 0 Å². The van der Waals surface area contributed by atoms with Crippen molar-refractivity contribution in [2.24, 2.45) is 5.73 Å². The molecule has 2 aromatic heterocycles. The van der Waals surface area contributed by atoms with E-state index in [0.29, 0.717) is 0 Å².